The summed E-state index contributed by atoms with van der Waals surface area (Å²) in [6.45, 7) is 12.8. The van der Waals surface area contributed by atoms with E-state index < -0.39 is 51.6 Å². The molecule has 33 heavy (non-hydrogen) atoms. The lowest BCUT2D eigenvalue weighted by Gasteiger charge is -2.26. The highest BCUT2D eigenvalue weighted by Gasteiger charge is 2.34. The zero-order valence-electron chi connectivity index (χ0n) is 20.1. The van der Waals surface area contributed by atoms with Gasteiger partial charge >= 0.3 is 12.2 Å². The number of ether oxygens (including phenoxy) is 2. The highest BCUT2D eigenvalue weighted by molar-refractivity contribution is 7.86. The van der Waals surface area contributed by atoms with Crippen LogP contribution in [0.3, 0.4) is 0 Å². The van der Waals surface area contributed by atoms with Crippen LogP contribution >= 0.6 is 0 Å². The van der Waals surface area contributed by atoms with E-state index >= 15 is 0 Å². The topological polar surface area (TPSA) is 149 Å². The van der Waals surface area contributed by atoms with Crippen molar-refractivity contribution in [3.63, 3.8) is 0 Å². The van der Waals surface area contributed by atoms with Gasteiger partial charge < -0.3 is 14.8 Å². The fourth-order valence-corrected chi connectivity index (χ4v) is 3.43. The lowest BCUT2D eigenvalue weighted by atomic mass is 10.1. The summed E-state index contributed by atoms with van der Waals surface area (Å²) in [4.78, 5) is 36.6. The predicted octanol–water partition coefficient (Wildman–Crippen LogP) is 2.54. The molecule has 0 aromatic heterocycles. The molecular formula is C21H33N3O8S. The van der Waals surface area contributed by atoms with Gasteiger partial charge in [-0.3, -0.25) is 14.4 Å². The highest BCUT2D eigenvalue weighted by atomic mass is 32.2. The molecule has 0 saturated carbocycles. The summed E-state index contributed by atoms with van der Waals surface area (Å²) in [7, 11) is -4.27. The summed E-state index contributed by atoms with van der Waals surface area (Å²) in [6.07, 6.45) is -3.31. The minimum absolute atomic E-state index is 0.122. The van der Waals surface area contributed by atoms with Gasteiger partial charge in [0.25, 0.3) is 16.0 Å². The van der Waals surface area contributed by atoms with E-state index in [1.54, 1.807) is 60.6 Å². The van der Waals surface area contributed by atoms with Crippen LogP contribution in [-0.2, 0) is 28.6 Å². The molecule has 11 nitrogen and oxygen atoms in total. The molecule has 0 fully saturated rings. The minimum atomic E-state index is -4.27. The van der Waals surface area contributed by atoms with Crippen LogP contribution in [0.2, 0.25) is 0 Å². The van der Waals surface area contributed by atoms with E-state index in [1.807, 2.05) is 5.43 Å². The Balaban J connectivity index is 3.02. The Labute approximate surface area is 194 Å². The maximum atomic E-state index is 12.7. The van der Waals surface area contributed by atoms with E-state index in [-0.39, 0.29) is 4.90 Å². The Morgan fingerprint density at radius 1 is 0.848 bits per heavy atom. The number of benzene rings is 1. The molecule has 0 aliphatic carbocycles. The van der Waals surface area contributed by atoms with Crippen LogP contribution in [0.4, 0.5) is 9.59 Å². The van der Waals surface area contributed by atoms with Gasteiger partial charge in [-0.05, 0) is 67.5 Å². The van der Waals surface area contributed by atoms with Crippen molar-refractivity contribution < 1.29 is 36.5 Å². The van der Waals surface area contributed by atoms with Crippen LogP contribution in [-0.4, -0.2) is 49.9 Å². The summed E-state index contributed by atoms with van der Waals surface area (Å²) >= 11 is 0. The van der Waals surface area contributed by atoms with E-state index in [9.17, 15) is 22.8 Å². The normalized spacial score (nSPS) is 13.9. The van der Waals surface area contributed by atoms with Crippen molar-refractivity contribution in [2.24, 2.45) is 0 Å². The highest BCUT2D eigenvalue weighted by Crippen LogP contribution is 2.17. The van der Waals surface area contributed by atoms with Crippen molar-refractivity contribution in [2.45, 2.75) is 83.6 Å². The van der Waals surface area contributed by atoms with E-state index in [0.717, 1.165) is 5.56 Å². The minimum Gasteiger partial charge on any atom is -0.444 e. The maximum Gasteiger partial charge on any atom is 0.426 e. The first kappa shape index (κ1) is 28.2. The van der Waals surface area contributed by atoms with Crippen LogP contribution in [0.25, 0.3) is 0 Å². The van der Waals surface area contributed by atoms with Crippen molar-refractivity contribution in [1.29, 1.82) is 0 Å². The van der Waals surface area contributed by atoms with Crippen LogP contribution < -0.4 is 16.2 Å². The molecule has 0 unspecified atom stereocenters. The lowest BCUT2D eigenvalue weighted by Crippen LogP contribution is -2.58. The number of amides is 3. The van der Waals surface area contributed by atoms with Gasteiger partial charge in [0, 0.05) is 0 Å². The smallest absolute Gasteiger partial charge is 0.426 e. The monoisotopic (exact) mass is 487 g/mol. The number of carbonyl (C=O) groups is 3. The van der Waals surface area contributed by atoms with Gasteiger partial charge in [0.15, 0.2) is 0 Å². The number of nitrogens with one attached hydrogen (secondary N) is 3. The molecule has 0 heterocycles. The lowest BCUT2D eigenvalue weighted by molar-refractivity contribution is -0.126. The number of aryl methyl sites for hydroxylation is 1. The Bertz CT molecular complexity index is 947. The van der Waals surface area contributed by atoms with E-state index in [0.29, 0.717) is 0 Å². The van der Waals surface area contributed by atoms with Crippen LogP contribution in [0, 0.1) is 6.92 Å². The van der Waals surface area contributed by atoms with Gasteiger partial charge in [-0.1, -0.05) is 17.7 Å². The fraction of sp³-hybridized carbons (Fsp3) is 0.571. The average molecular weight is 488 g/mol. The molecular weight excluding hydrogens is 454 g/mol. The molecule has 3 N–H and O–H groups in total. The molecule has 1 aromatic rings. The molecule has 2 atom stereocenters. The molecule has 12 heteroatoms. The standard InChI is InChI=1S/C21H33N3O8S/c1-13-9-11-15(12-10-13)33(28,29)32-14(2)16(22-18(26)30-20(3,4)5)17(25)23-24-19(27)31-21(6,7)8/h9-12,14,16H,1-8H3,(H,22,26)(H,23,25)(H,24,27)/t14-,16+/m1/s1. The number of hydrazine groups is 1. The zero-order valence-corrected chi connectivity index (χ0v) is 21.0. The van der Waals surface area contributed by atoms with Gasteiger partial charge in [-0.25, -0.2) is 15.0 Å². The average Bonchev–Trinajstić information content (AvgIpc) is 2.61. The number of alkyl carbamates (subject to hydrolysis) is 1. The third-order valence-electron chi connectivity index (χ3n) is 3.70. The van der Waals surface area contributed by atoms with Gasteiger partial charge in [-0.15, -0.1) is 0 Å². The number of rotatable bonds is 6. The van der Waals surface area contributed by atoms with Gasteiger partial charge in [0.2, 0.25) is 0 Å². The number of hydrogen-bond donors (Lipinski definition) is 3. The second kappa shape index (κ2) is 10.8. The first-order valence-corrected chi connectivity index (χ1v) is 11.6. The van der Waals surface area contributed by atoms with Crippen molar-refractivity contribution in [3.05, 3.63) is 29.8 Å². The van der Waals surface area contributed by atoms with Crippen LogP contribution in [0.5, 0.6) is 0 Å². The van der Waals surface area contributed by atoms with Crippen LogP contribution in [0.1, 0.15) is 54.0 Å². The molecule has 1 rings (SSSR count). The summed E-state index contributed by atoms with van der Waals surface area (Å²) in [5.74, 6) is -0.960. The molecule has 0 aliphatic heterocycles. The second-order valence-corrected chi connectivity index (χ2v) is 10.9. The molecule has 3 amide bonds. The second-order valence-electron chi connectivity index (χ2n) is 9.31. The summed E-state index contributed by atoms with van der Waals surface area (Å²) in [5, 5.41) is 2.27. The first-order valence-electron chi connectivity index (χ1n) is 10.2. The fourth-order valence-electron chi connectivity index (χ4n) is 2.34. The molecule has 0 saturated heterocycles. The largest absolute Gasteiger partial charge is 0.444 e. The Morgan fingerprint density at radius 2 is 1.33 bits per heavy atom. The third-order valence-corrected chi connectivity index (χ3v) is 5.11. The molecule has 0 spiro atoms. The summed E-state index contributed by atoms with van der Waals surface area (Å²) < 4.78 is 40.6. The van der Waals surface area contributed by atoms with Gasteiger partial charge in [-0.2, -0.15) is 8.42 Å². The number of carbonyl (C=O) groups excluding carboxylic acids is 3. The van der Waals surface area contributed by atoms with E-state index in [1.165, 1.54) is 19.1 Å². The summed E-state index contributed by atoms with van der Waals surface area (Å²) in [5.41, 5.74) is 3.27. The Kier molecular flexibility index (Phi) is 9.25. The van der Waals surface area contributed by atoms with Gasteiger partial charge in [0.1, 0.15) is 23.3 Å². The SMILES string of the molecule is Cc1ccc(S(=O)(=O)O[C@H](C)[C@H](NC(=O)OC(C)(C)C)C(=O)NNC(=O)OC(C)(C)C)cc1. The molecule has 0 radical (unpaired) electrons. The molecule has 0 aliphatic rings. The zero-order chi connectivity index (χ0) is 25.6. The van der Waals surface area contributed by atoms with Gasteiger partial charge in [0.05, 0.1) is 4.90 Å². The van der Waals surface area contributed by atoms with Crippen molar-refractivity contribution in [3.8, 4) is 0 Å². The van der Waals surface area contributed by atoms with Crippen molar-refractivity contribution in [1.82, 2.24) is 16.2 Å². The molecule has 0 bridgehead atoms. The van der Waals surface area contributed by atoms with Crippen molar-refractivity contribution in [2.75, 3.05) is 0 Å². The third kappa shape index (κ3) is 10.5. The van der Waals surface area contributed by atoms with E-state index in [4.69, 9.17) is 13.7 Å². The quantitative estimate of drug-likeness (QED) is 0.409. The van der Waals surface area contributed by atoms with E-state index in [2.05, 4.69) is 10.7 Å². The maximum absolute atomic E-state index is 12.7. The van der Waals surface area contributed by atoms with Crippen LogP contribution in [0.15, 0.2) is 29.2 Å². The first-order chi connectivity index (χ1) is 14.9. The predicted molar refractivity (Wildman–Crippen MR) is 120 cm³/mol. The molecule has 1 aromatic carbocycles. The van der Waals surface area contributed by atoms with Crippen molar-refractivity contribution >= 4 is 28.2 Å². The Hall–Kier alpha value is -2.86. The molecule has 186 valence electrons. The number of hydrogen-bond acceptors (Lipinski definition) is 8. The summed E-state index contributed by atoms with van der Waals surface area (Å²) in [6, 6.07) is 4.36. The Morgan fingerprint density at radius 3 is 1.82 bits per heavy atom.